The van der Waals surface area contributed by atoms with Gasteiger partial charge in [-0.05, 0) is 31.5 Å². The molecular formula is C13H14ClF3N2S. The molecule has 1 N–H and O–H groups in total. The standard InChI is InChI=1S/C13H14ClF3N2S/c1-7-3-8(2)20-12(18-7)19-11-5-9(13(15,16)17)4-10(14)6-11/h4-8H,3H2,1-2H3,(H,18,19). The highest BCUT2D eigenvalue weighted by Gasteiger charge is 2.31. The van der Waals surface area contributed by atoms with Crippen LogP contribution in [0.25, 0.3) is 0 Å². The summed E-state index contributed by atoms with van der Waals surface area (Å²) in [5, 5.41) is 3.98. The van der Waals surface area contributed by atoms with E-state index in [0.717, 1.165) is 18.6 Å². The number of nitrogens with one attached hydrogen (secondary N) is 1. The molecule has 2 nitrogen and oxygen atoms in total. The molecule has 0 bridgehead atoms. The summed E-state index contributed by atoms with van der Waals surface area (Å²) in [6, 6.07) is 3.58. The molecule has 2 atom stereocenters. The summed E-state index contributed by atoms with van der Waals surface area (Å²) in [7, 11) is 0. The normalized spacial score (nSPS) is 23.4. The zero-order valence-electron chi connectivity index (χ0n) is 11.0. The maximum absolute atomic E-state index is 12.7. The predicted octanol–water partition coefficient (Wildman–Crippen LogP) is 5.04. The fourth-order valence-corrected chi connectivity index (χ4v) is 3.42. The molecule has 0 aliphatic carbocycles. The number of aliphatic imine (C=N–C) groups is 1. The third-order valence-corrected chi connectivity index (χ3v) is 4.04. The first-order chi connectivity index (χ1) is 9.24. The van der Waals surface area contributed by atoms with E-state index < -0.39 is 11.7 Å². The van der Waals surface area contributed by atoms with Crippen molar-refractivity contribution in [1.29, 1.82) is 0 Å². The number of amidine groups is 1. The summed E-state index contributed by atoms with van der Waals surface area (Å²) in [6.45, 7) is 4.05. The number of alkyl halides is 3. The quantitative estimate of drug-likeness (QED) is 0.783. The van der Waals surface area contributed by atoms with Crippen molar-refractivity contribution in [3.05, 3.63) is 28.8 Å². The second kappa shape index (κ2) is 5.85. The smallest absolute Gasteiger partial charge is 0.335 e. The first-order valence-corrected chi connectivity index (χ1v) is 7.39. The Morgan fingerprint density at radius 2 is 2.00 bits per heavy atom. The fraction of sp³-hybridized carbons (Fsp3) is 0.462. The van der Waals surface area contributed by atoms with Gasteiger partial charge in [-0.3, -0.25) is 4.99 Å². The molecule has 2 unspecified atom stereocenters. The van der Waals surface area contributed by atoms with Gasteiger partial charge in [-0.25, -0.2) is 0 Å². The Balaban J connectivity index is 2.24. The predicted molar refractivity (Wildman–Crippen MR) is 78.6 cm³/mol. The summed E-state index contributed by atoms with van der Waals surface area (Å²) >= 11 is 7.26. The number of anilines is 1. The van der Waals surface area contributed by atoms with Crippen LogP contribution >= 0.6 is 23.4 Å². The van der Waals surface area contributed by atoms with Gasteiger partial charge in [-0.2, -0.15) is 13.2 Å². The summed E-state index contributed by atoms with van der Waals surface area (Å²) in [5.74, 6) is 0. The van der Waals surface area contributed by atoms with Gasteiger partial charge in [0.05, 0.1) is 11.6 Å². The molecule has 7 heteroatoms. The molecule has 1 aromatic carbocycles. The zero-order chi connectivity index (χ0) is 14.9. The highest BCUT2D eigenvalue weighted by Crippen LogP contribution is 2.34. The van der Waals surface area contributed by atoms with Crippen LogP contribution in [0.3, 0.4) is 0 Å². The topological polar surface area (TPSA) is 24.4 Å². The molecule has 0 aromatic heterocycles. The Kier molecular flexibility index (Phi) is 4.54. The number of rotatable bonds is 1. The number of thioether (sulfide) groups is 1. The van der Waals surface area contributed by atoms with Gasteiger partial charge >= 0.3 is 6.18 Å². The Hall–Kier alpha value is -0.880. The summed E-state index contributed by atoms with van der Waals surface area (Å²) in [5.41, 5.74) is -0.465. The molecule has 2 rings (SSSR count). The van der Waals surface area contributed by atoms with Crippen LogP contribution < -0.4 is 5.32 Å². The van der Waals surface area contributed by atoms with E-state index in [4.69, 9.17) is 11.6 Å². The minimum Gasteiger partial charge on any atom is -0.335 e. The van der Waals surface area contributed by atoms with Crippen LogP contribution in [-0.2, 0) is 6.18 Å². The number of hydrogen-bond donors (Lipinski definition) is 1. The van der Waals surface area contributed by atoms with Gasteiger partial charge in [0.2, 0.25) is 0 Å². The van der Waals surface area contributed by atoms with Gasteiger partial charge < -0.3 is 5.32 Å². The molecule has 0 amide bonds. The summed E-state index contributed by atoms with van der Waals surface area (Å²) < 4.78 is 38.2. The Bertz CT molecular complexity index is 531. The Morgan fingerprint density at radius 1 is 1.30 bits per heavy atom. The van der Waals surface area contributed by atoms with Gasteiger partial charge in [0.1, 0.15) is 0 Å². The van der Waals surface area contributed by atoms with Crippen molar-refractivity contribution in [3.63, 3.8) is 0 Å². The highest BCUT2D eigenvalue weighted by atomic mass is 35.5. The van der Waals surface area contributed by atoms with Gasteiger partial charge in [0.15, 0.2) is 5.17 Å². The van der Waals surface area contributed by atoms with Gasteiger partial charge in [0, 0.05) is 16.0 Å². The minimum absolute atomic E-state index is 0.0461. The van der Waals surface area contributed by atoms with E-state index in [1.54, 1.807) is 0 Å². The second-order valence-corrected chi connectivity index (χ2v) is 6.66. The van der Waals surface area contributed by atoms with Crippen molar-refractivity contribution in [2.75, 3.05) is 5.32 Å². The molecule has 1 heterocycles. The van der Waals surface area contributed by atoms with E-state index in [2.05, 4.69) is 17.2 Å². The summed E-state index contributed by atoms with van der Waals surface area (Å²) in [6.07, 6.45) is -3.46. The number of nitrogens with zero attached hydrogens (tertiary/aromatic N) is 1. The van der Waals surface area contributed by atoms with E-state index in [-0.39, 0.29) is 11.1 Å². The third kappa shape index (κ3) is 4.06. The molecule has 1 aromatic rings. The van der Waals surface area contributed by atoms with Crippen LogP contribution in [0.4, 0.5) is 18.9 Å². The van der Waals surface area contributed by atoms with Crippen LogP contribution in [0.5, 0.6) is 0 Å². The lowest BCUT2D eigenvalue weighted by Crippen LogP contribution is -2.22. The molecule has 20 heavy (non-hydrogen) atoms. The van der Waals surface area contributed by atoms with Gasteiger partial charge in [0.25, 0.3) is 0 Å². The van der Waals surface area contributed by atoms with E-state index in [9.17, 15) is 13.2 Å². The molecule has 1 aliphatic heterocycles. The van der Waals surface area contributed by atoms with Crippen LogP contribution in [0, 0.1) is 0 Å². The maximum Gasteiger partial charge on any atom is 0.416 e. The fourth-order valence-electron chi connectivity index (χ4n) is 2.01. The van der Waals surface area contributed by atoms with Crippen molar-refractivity contribution < 1.29 is 13.2 Å². The molecule has 0 radical (unpaired) electrons. The third-order valence-electron chi connectivity index (χ3n) is 2.80. The van der Waals surface area contributed by atoms with Crippen LogP contribution in [-0.4, -0.2) is 16.5 Å². The molecular weight excluding hydrogens is 309 g/mol. The maximum atomic E-state index is 12.7. The lowest BCUT2D eigenvalue weighted by Gasteiger charge is -2.23. The lowest BCUT2D eigenvalue weighted by molar-refractivity contribution is -0.137. The first-order valence-electron chi connectivity index (χ1n) is 6.13. The minimum atomic E-state index is -4.41. The average molecular weight is 323 g/mol. The first kappa shape index (κ1) is 15.5. The average Bonchev–Trinajstić information content (AvgIpc) is 2.25. The molecule has 1 aliphatic rings. The molecule has 0 fully saturated rings. The van der Waals surface area contributed by atoms with Crippen molar-refractivity contribution >= 4 is 34.2 Å². The van der Waals surface area contributed by atoms with Crippen molar-refractivity contribution in [3.8, 4) is 0 Å². The van der Waals surface area contributed by atoms with Crippen LogP contribution in [0.1, 0.15) is 25.8 Å². The SMILES string of the molecule is CC1CC(C)SC(Nc2cc(Cl)cc(C(F)(F)F)c2)=N1. The highest BCUT2D eigenvalue weighted by molar-refractivity contribution is 8.14. The molecule has 0 spiro atoms. The van der Waals surface area contributed by atoms with E-state index >= 15 is 0 Å². The Labute approximate surface area is 124 Å². The van der Waals surface area contributed by atoms with Crippen molar-refractivity contribution in [1.82, 2.24) is 0 Å². The molecule has 0 saturated carbocycles. The zero-order valence-corrected chi connectivity index (χ0v) is 12.5. The van der Waals surface area contributed by atoms with Crippen LogP contribution in [0.15, 0.2) is 23.2 Å². The monoisotopic (exact) mass is 322 g/mol. The van der Waals surface area contributed by atoms with Gasteiger partial charge in [-0.1, -0.05) is 30.3 Å². The van der Waals surface area contributed by atoms with Gasteiger partial charge in [-0.15, -0.1) is 0 Å². The Morgan fingerprint density at radius 3 is 2.60 bits per heavy atom. The molecule has 0 saturated heterocycles. The lowest BCUT2D eigenvalue weighted by atomic mass is 10.2. The van der Waals surface area contributed by atoms with E-state index in [1.807, 2.05) is 6.92 Å². The van der Waals surface area contributed by atoms with Crippen molar-refractivity contribution in [2.24, 2.45) is 4.99 Å². The number of hydrogen-bond acceptors (Lipinski definition) is 3. The summed E-state index contributed by atoms with van der Waals surface area (Å²) in [4.78, 5) is 4.39. The van der Waals surface area contributed by atoms with Crippen molar-refractivity contribution in [2.45, 2.75) is 37.7 Å². The number of halogens is 4. The number of benzene rings is 1. The largest absolute Gasteiger partial charge is 0.416 e. The van der Waals surface area contributed by atoms with E-state index in [1.165, 1.54) is 17.8 Å². The molecule has 110 valence electrons. The second-order valence-electron chi connectivity index (χ2n) is 4.80. The van der Waals surface area contributed by atoms with Crippen LogP contribution in [0.2, 0.25) is 5.02 Å². The van der Waals surface area contributed by atoms with E-state index in [0.29, 0.717) is 16.1 Å².